The standard InChI is InChI=1S/C14H18.C3H6O2/c1-5-13(10-11(2)3)14-9-7-6-8-12(14)4;1-3(4)5-2/h5-10H,1-4H3;1-2H3/b13-5+;. The van der Waals surface area contributed by atoms with E-state index in [1.54, 1.807) is 0 Å². The average molecular weight is 260 g/mol. The third kappa shape index (κ3) is 7.24. The van der Waals surface area contributed by atoms with Crippen molar-refractivity contribution >= 4 is 11.5 Å². The Balaban J connectivity index is 0.000000555. The van der Waals surface area contributed by atoms with Gasteiger partial charge in [-0.15, -0.1) is 0 Å². The van der Waals surface area contributed by atoms with E-state index in [1.165, 1.54) is 36.3 Å². The fourth-order valence-electron chi connectivity index (χ4n) is 1.52. The van der Waals surface area contributed by atoms with Gasteiger partial charge in [-0.25, -0.2) is 0 Å². The summed E-state index contributed by atoms with van der Waals surface area (Å²) in [6, 6.07) is 8.49. The Morgan fingerprint density at radius 1 is 1.16 bits per heavy atom. The van der Waals surface area contributed by atoms with Gasteiger partial charge in [0.1, 0.15) is 0 Å². The number of hydrogen-bond donors (Lipinski definition) is 0. The lowest BCUT2D eigenvalue weighted by atomic mass is 9.99. The molecule has 1 aromatic rings. The van der Waals surface area contributed by atoms with E-state index >= 15 is 0 Å². The second-order valence-corrected chi connectivity index (χ2v) is 4.48. The first kappa shape index (κ1) is 17.2. The van der Waals surface area contributed by atoms with Crippen molar-refractivity contribution in [2.24, 2.45) is 0 Å². The molecule has 0 aliphatic heterocycles. The highest BCUT2D eigenvalue weighted by Gasteiger charge is 1.99. The third-order valence-electron chi connectivity index (χ3n) is 2.50. The first-order chi connectivity index (χ1) is 8.92. The van der Waals surface area contributed by atoms with E-state index in [4.69, 9.17) is 0 Å². The number of carbonyl (C=O) groups is 1. The molecule has 104 valence electrons. The molecular formula is C17H24O2. The molecule has 1 aromatic carbocycles. The molecule has 0 radical (unpaired) electrons. The van der Waals surface area contributed by atoms with Crippen LogP contribution in [0.1, 0.15) is 38.8 Å². The molecule has 0 aliphatic carbocycles. The van der Waals surface area contributed by atoms with Crippen molar-refractivity contribution in [3.05, 3.63) is 53.1 Å². The number of methoxy groups -OCH3 is 1. The van der Waals surface area contributed by atoms with Crippen LogP contribution in [0.5, 0.6) is 0 Å². The van der Waals surface area contributed by atoms with E-state index in [0.717, 1.165) is 0 Å². The zero-order valence-corrected chi connectivity index (χ0v) is 12.8. The lowest BCUT2D eigenvalue weighted by molar-refractivity contribution is -0.137. The van der Waals surface area contributed by atoms with E-state index < -0.39 is 0 Å². The molecule has 0 heterocycles. The number of benzene rings is 1. The number of hydrogen-bond acceptors (Lipinski definition) is 2. The van der Waals surface area contributed by atoms with Crippen LogP contribution in [0, 0.1) is 6.92 Å². The summed E-state index contributed by atoms with van der Waals surface area (Å²) in [5.41, 5.74) is 5.30. The van der Waals surface area contributed by atoms with Crippen molar-refractivity contribution < 1.29 is 9.53 Å². The SMILES string of the molecule is C/C=C(\C=C(C)C)c1ccccc1C.COC(C)=O. The van der Waals surface area contributed by atoms with Crippen LogP contribution in [-0.2, 0) is 9.53 Å². The van der Waals surface area contributed by atoms with Gasteiger partial charge in [-0.3, -0.25) is 4.79 Å². The molecule has 0 unspecified atom stereocenters. The summed E-state index contributed by atoms with van der Waals surface area (Å²) in [6.45, 7) is 9.85. The van der Waals surface area contributed by atoms with Crippen LogP contribution in [0.3, 0.4) is 0 Å². The van der Waals surface area contributed by atoms with Gasteiger partial charge in [-0.1, -0.05) is 42.0 Å². The minimum Gasteiger partial charge on any atom is -0.469 e. The lowest BCUT2D eigenvalue weighted by Gasteiger charge is -2.06. The van der Waals surface area contributed by atoms with Crippen molar-refractivity contribution in [1.29, 1.82) is 0 Å². The Kier molecular flexibility index (Phi) is 8.27. The number of carbonyl (C=O) groups excluding carboxylic acids is 1. The molecule has 19 heavy (non-hydrogen) atoms. The van der Waals surface area contributed by atoms with Crippen molar-refractivity contribution in [2.45, 2.75) is 34.6 Å². The summed E-state index contributed by atoms with van der Waals surface area (Å²) >= 11 is 0. The fourth-order valence-corrected chi connectivity index (χ4v) is 1.52. The van der Waals surface area contributed by atoms with Gasteiger partial charge in [0.05, 0.1) is 7.11 Å². The van der Waals surface area contributed by atoms with Gasteiger partial charge in [0.25, 0.3) is 0 Å². The Morgan fingerprint density at radius 3 is 2.05 bits per heavy atom. The largest absolute Gasteiger partial charge is 0.469 e. The summed E-state index contributed by atoms with van der Waals surface area (Å²) in [4.78, 5) is 9.59. The van der Waals surface area contributed by atoms with Crippen LogP contribution in [0.4, 0.5) is 0 Å². The highest BCUT2D eigenvalue weighted by Crippen LogP contribution is 2.20. The molecule has 0 saturated heterocycles. The normalized spacial score (nSPS) is 10.1. The quantitative estimate of drug-likeness (QED) is 0.576. The average Bonchev–Trinajstić information content (AvgIpc) is 2.37. The lowest BCUT2D eigenvalue weighted by Crippen LogP contribution is -1.88. The molecule has 0 aliphatic rings. The smallest absolute Gasteiger partial charge is 0.302 e. The molecule has 0 spiro atoms. The van der Waals surface area contributed by atoms with E-state index in [-0.39, 0.29) is 5.97 Å². The van der Waals surface area contributed by atoms with Gasteiger partial charge in [0.2, 0.25) is 0 Å². The van der Waals surface area contributed by atoms with E-state index in [2.05, 4.69) is 68.8 Å². The number of ether oxygens (including phenoxy) is 1. The molecule has 2 heteroatoms. The van der Waals surface area contributed by atoms with Crippen LogP contribution >= 0.6 is 0 Å². The van der Waals surface area contributed by atoms with Gasteiger partial charge in [0.15, 0.2) is 0 Å². The number of esters is 1. The predicted molar refractivity (Wildman–Crippen MR) is 82.0 cm³/mol. The van der Waals surface area contributed by atoms with Gasteiger partial charge in [-0.05, 0) is 44.4 Å². The van der Waals surface area contributed by atoms with E-state index in [0.29, 0.717) is 0 Å². The van der Waals surface area contributed by atoms with Gasteiger partial charge in [0, 0.05) is 6.92 Å². The second kappa shape index (κ2) is 9.15. The monoisotopic (exact) mass is 260 g/mol. The maximum absolute atomic E-state index is 9.59. The summed E-state index contributed by atoms with van der Waals surface area (Å²) < 4.78 is 4.11. The van der Waals surface area contributed by atoms with Crippen molar-refractivity contribution in [3.63, 3.8) is 0 Å². The Hall–Kier alpha value is -1.83. The molecule has 1 rings (SSSR count). The van der Waals surface area contributed by atoms with Gasteiger partial charge < -0.3 is 4.74 Å². The van der Waals surface area contributed by atoms with Gasteiger partial charge in [-0.2, -0.15) is 0 Å². The zero-order chi connectivity index (χ0) is 14.8. The highest BCUT2D eigenvalue weighted by atomic mass is 16.5. The van der Waals surface area contributed by atoms with Crippen molar-refractivity contribution in [3.8, 4) is 0 Å². The van der Waals surface area contributed by atoms with Crippen molar-refractivity contribution in [2.75, 3.05) is 7.11 Å². The predicted octanol–water partition coefficient (Wildman–Crippen LogP) is 4.54. The topological polar surface area (TPSA) is 26.3 Å². The Labute approximate surface area is 116 Å². The number of rotatable bonds is 2. The molecule has 0 fully saturated rings. The van der Waals surface area contributed by atoms with Crippen LogP contribution < -0.4 is 0 Å². The summed E-state index contributed by atoms with van der Waals surface area (Å²) in [5, 5.41) is 0. The summed E-state index contributed by atoms with van der Waals surface area (Å²) in [5.74, 6) is -0.245. The maximum atomic E-state index is 9.59. The third-order valence-corrected chi connectivity index (χ3v) is 2.50. The molecule has 0 bridgehead atoms. The molecule has 0 amide bonds. The van der Waals surface area contributed by atoms with Crippen LogP contribution in [-0.4, -0.2) is 13.1 Å². The van der Waals surface area contributed by atoms with Crippen LogP contribution in [0.15, 0.2) is 42.0 Å². The van der Waals surface area contributed by atoms with E-state index in [1.807, 2.05) is 0 Å². The molecule has 0 N–H and O–H groups in total. The van der Waals surface area contributed by atoms with Crippen LogP contribution in [0.2, 0.25) is 0 Å². The molecule has 0 atom stereocenters. The van der Waals surface area contributed by atoms with E-state index in [9.17, 15) is 4.79 Å². The first-order valence-electron chi connectivity index (χ1n) is 6.34. The highest BCUT2D eigenvalue weighted by molar-refractivity contribution is 5.76. The number of aryl methyl sites for hydroxylation is 1. The molecule has 0 saturated carbocycles. The van der Waals surface area contributed by atoms with Crippen LogP contribution in [0.25, 0.3) is 5.57 Å². The second-order valence-electron chi connectivity index (χ2n) is 4.48. The first-order valence-corrected chi connectivity index (χ1v) is 6.34. The molecule has 2 nitrogen and oxygen atoms in total. The molecular weight excluding hydrogens is 236 g/mol. The fraction of sp³-hybridized carbons (Fsp3) is 0.353. The Bertz CT molecular complexity index is 464. The summed E-state index contributed by atoms with van der Waals surface area (Å²) in [6.07, 6.45) is 4.39. The summed E-state index contributed by atoms with van der Waals surface area (Å²) in [7, 11) is 1.35. The number of allylic oxidation sites excluding steroid dienone is 4. The van der Waals surface area contributed by atoms with Crippen molar-refractivity contribution in [1.82, 2.24) is 0 Å². The Morgan fingerprint density at radius 2 is 1.68 bits per heavy atom. The minimum atomic E-state index is -0.245. The van der Waals surface area contributed by atoms with Gasteiger partial charge >= 0.3 is 5.97 Å². The maximum Gasteiger partial charge on any atom is 0.302 e. The zero-order valence-electron chi connectivity index (χ0n) is 12.8. The molecule has 0 aromatic heterocycles. The minimum absolute atomic E-state index is 0.245.